The van der Waals surface area contributed by atoms with E-state index in [-0.39, 0.29) is 0 Å². The van der Waals surface area contributed by atoms with E-state index < -0.39 is 0 Å². The molecule has 0 aliphatic heterocycles. The lowest BCUT2D eigenvalue weighted by Gasteiger charge is -2.07. The first-order chi connectivity index (χ1) is 7.67. The first-order valence-electron chi connectivity index (χ1n) is 5.21. The Bertz CT molecular complexity index is 563. The van der Waals surface area contributed by atoms with Gasteiger partial charge in [-0.2, -0.15) is 0 Å². The van der Waals surface area contributed by atoms with Gasteiger partial charge < -0.3 is 0 Å². The summed E-state index contributed by atoms with van der Waals surface area (Å²) < 4.78 is 0. The summed E-state index contributed by atoms with van der Waals surface area (Å²) in [6.07, 6.45) is 1.58. The van der Waals surface area contributed by atoms with Crippen LogP contribution < -0.4 is 0 Å². The molecule has 3 heteroatoms. The van der Waals surface area contributed by atoms with Crippen molar-refractivity contribution in [2.45, 2.75) is 20.3 Å². The average Bonchev–Trinajstić information content (AvgIpc) is 2.32. The molecule has 0 atom stereocenters. The molecule has 2 rings (SSSR count). The summed E-state index contributed by atoms with van der Waals surface area (Å²) >= 11 is 6.21. The third-order valence-electron chi connectivity index (χ3n) is 2.68. The Morgan fingerprint density at radius 2 is 2.19 bits per heavy atom. The lowest BCUT2D eigenvalue weighted by atomic mass is 10.1. The van der Waals surface area contributed by atoms with Crippen LogP contribution in [0.1, 0.15) is 28.7 Å². The highest BCUT2D eigenvalue weighted by atomic mass is 35.5. The molecule has 82 valence electrons. The zero-order chi connectivity index (χ0) is 11.7. The standard InChI is InChI=1S/C13H12ClNO/c1-3-10-6-9-5-4-8(2)13(14)12(9)11(7-16)15-10/h4-7H,3H2,1-2H3. The summed E-state index contributed by atoms with van der Waals surface area (Å²) in [5.74, 6) is 0. The van der Waals surface area contributed by atoms with Crippen LogP contribution in [-0.4, -0.2) is 11.3 Å². The Kier molecular flexibility index (Phi) is 2.92. The van der Waals surface area contributed by atoms with Gasteiger partial charge in [-0.3, -0.25) is 4.79 Å². The van der Waals surface area contributed by atoms with Crippen molar-refractivity contribution in [3.8, 4) is 0 Å². The molecular weight excluding hydrogens is 222 g/mol. The number of halogens is 1. The molecule has 0 bridgehead atoms. The topological polar surface area (TPSA) is 30.0 Å². The molecule has 0 spiro atoms. The third kappa shape index (κ3) is 1.69. The minimum Gasteiger partial charge on any atom is -0.296 e. The molecule has 16 heavy (non-hydrogen) atoms. The second kappa shape index (κ2) is 4.22. The second-order valence-electron chi connectivity index (χ2n) is 3.76. The number of aromatic nitrogens is 1. The van der Waals surface area contributed by atoms with Gasteiger partial charge in [0.15, 0.2) is 6.29 Å². The number of benzene rings is 1. The van der Waals surface area contributed by atoms with E-state index in [0.29, 0.717) is 10.7 Å². The minimum atomic E-state index is 0.433. The highest BCUT2D eigenvalue weighted by Gasteiger charge is 2.09. The van der Waals surface area contributed by atoms with Crippen molar-refractivity contribution in [3.05, 3.63) is 40.2 Å². The lowest BCUT2D eigenvalue weighted by molar-refractivity contribution is 0.112. The van der Waals surface area contributed by atoms with Gasteiger partial charge in [0.1, 0.15) is 5.69 Å². The van der Waals surface area contributed by atoms with E-state index in [1.54, 1.807) is 0 Å². The van der Waals surface area contributed by atoms with Gasteiger partial charge in [0.2, 0.25) is 0 Å². The molecule has 2 aromatic rings. The first kappa shape index (κ1) is 11.1. The van der Waals surface area contributed by atoms with Gasteiger partial charge in [0.05, 0.1) is 5.02 Å². The van der Waals surface area contributed by atoms with Crippen LogP contribution in [0.2, 0.25) is 5.02 Å². The molecule has 1 aromatic carbocycles. The number of nitrogens with zero attached hydrogens (tertiary/aromatic N) is 1. The Morgan fingerprint density at radius 1 is 1.44 bits per heavy atom. The van der Waals surface area contributed by atoms with Crippen molar-refractivity contribution in [2.24, 2.45) is 0 Å². The SMILES string of the molecule is CCc1cc2ccc(C)c(Cl)c2c(C=O)n1. The summed E-state index contributed by atoms with van der Waals surface area (Å²) in [7, 11) is 0. The van der Waals surface area contributed by atoms with Crippen LogP contribution >= 0.6 is 11.6 Å². The van der Waals surface area contributed by atoms with E-state index >= 15 is 0 Å². The normalized spacial score (nSPS) is 10.7. The highest BCUT2D eigenvalue weighted by Crippen LogP contribution is 2.29. The fourth-order valence-corrected chi connectivity index (χ4v) is 2.03. The van der Waals surface area contributed by atoms with Gasteiger partial charge >= 0.3 is 0 Å². The number of aryl methyl sites for hydroxylation is 2. The molecule has 0 fully saturated rings. The molecule has 1 heterocycles. The number of carbonyl (C=O) groups is 1. The fourth-order valence-electron chi connectivity index (χ4n) is 1.76. The van der Waals surface area contributed by atoms with Gasteiger partial charge in [-0.25, -0.2) is 4.98 Å². The van der Waals surface area contributed by atoms with Crippen LogP contribution in [0.5, 0.6) is 0 Å². The summed E-state index contributed by atoms with van der Waals surface area (Å²) in [6, 6.07) is 5.91. The Morgan fingerprint density at radius 3 is 2.81 bits per heavy atom. The maximum atomic E-state index is 11.0. The summed E-state index contributed by atoms with van der Waals surface area (Å²) in [4.78, 5) is 15.3. The zero-order valence-electron chi connectivity index (χ0n) is 9.25. The van der Waals surface area contributed by atoms with Crippen molar-refractivity contribution in [1.82, 2.24) is 4.98 Å². The lowest BCUT2D eigenvalue weighted by Crippen LogP contribution is -1.96. The Hall–Kier alpha value is -1.41. The average molecular weight is 234 g/mol. The molecule has 0 N–H and O–H groups in total. The van der Waals surface area contributed by atoms with Gasteiger partial charge in [-0.1, -0.05) is 30.7 Å². The van der Waals surface area contributed by atoms with E-state index in [1.807, 2.05) is 32.0 Å². The maximum Gasteiger partial charge on any atom is 0.169 e. The largest absolute Gasteiger partial charge is 0.296 e. The molecule has 0 saturated heterocycles. The van der Waals surface area contributed by atoms with Crippen LogP contribution in [0.3, 0.4) is 0 Å². The molecule has 0 radical (unpaired) electrons. The van der Waals surface area contributed by atoms with Crippen molar-refractivity contribution in [3.63, 3.8) is 0 Å². The van der Waals surface area contributed by atoms with Crippen LogP contribution in [0.25, 0.3) is 10.8 Å². The number of carbonyl (C=O) groups excluding carboxylic acids is 1. The molecule has 1 aromatic heterocycles. The molecular formula is C13H12ClNO. The summed E-state index contributed by atoms with van der Waals surface area (Å²) in [5.41, 5.74) is 2.31. The molecule has 2 nitrogen and oxygen atoms in total. The van der Waals surface area contributed by atoms with Crippen molar-refractivity contribution in [2.75, 3.05) is 0 Å². The van der Waals surface area contributed by atoms with E-state index in [4.69, 9.17) is 11.6 Å². The van der Waals surface area contributed by atoms with Gasteiger partial charge in [0, 0.05) is 11.1 Å². The van der Waals surface area contributed by atoms with E-state index in [1.165, 1.54) is 0 Å². The molecule has 0 amide bonds. The number of aldehydes is 1. The third-order valence-corrected chi connectivity index (χ3v) is 3.17. The highest BCUT2D eigenvalue weighted by molar-refractivity contribution is 6.37. The van der Waals surface area contributed by atoms with Crippen LogP contribution in [0.15, 0.2) is 18.2 Å². The van der Waals surface area contributed by atoms with Crippen LogP contribution in [-0.2, 0) is 6.42 Å². The first-order valence-corrected chi connectivity index (χ1v) is 5.59. The molecule has 0 aliphatic carbocycles. The number of hydrogen-bond donors (Lipinski definition) is 0. The quantitative estimate of drug-likeness (QED) is 0.743. The van der Waals surface area contributed by atoms with Gasteiger partial charge in [-0.15, -0.1) is 0 Å². The zero-order valence-corrected chi connectivity index (χ0v) is 10.0. The second-order valence-corrected chi connectivity index (χ2v) is 4.14. The van der Waals surface area contributed by atoms with Crippen LogP contribution in [0, 0.1) is 6.92 Å². The van der Waals surface area contributed by atoms with Crippen molar-refractivity contribution >= 4 is 28.7 Å². The number of pyridine rings is 1. The predicted molar refractivity (Wildman–Crippen MR) is 66.3 cm³/mol. The minimum absolute atomic E-state index is 0.433. The molecule has 0 unspecified atom stereocenters. The monoisotopic (exact) mass is 233 g/mol. The van der Waals surface area contributed by atoms with Crippen molar-refractivity contribution < 1.29 is 4.79 Å². The fraction of sp³-hybridized carbons (Fsp3) is 0.231. The van der Waals surface area contributed by atoms with E-state index in [0.717, 1.165) is 34.7 Å². The van der Waals surface area contributed by atoms with E-state index in [2.05, 4.69) is 4.98 Å². The van der Waals surface area contributed by atoms with Gasteiger partial charge in [-0.05, 0) is 30.4 Å². The van der Waals surface area contributed by atoms with Gasteiger partial charge in [0.25, 0.3) is 0 Å². The smallest absolute Gasteiger partial charge is 0.169 e. The molecule has 0 aliphatic rings. The summed E-state index contributed by atoms with van der Waals surface area (Å²) in [6.45, 7) is 3.93. The number of rotatable bonds is 2. The Labute approximate surface area is 99.3 Å². The van der Waals surface area contributed by atoms with E-state index in [9.17, 15) is 4.79 Å². The molecule has 0 saturated carbocycles. The number of hydrogen-bond acceptors (Lipinski definition) is 2. The predicted octanol–water partition coefficient (Wildman–Crippen LogP) is 3.57. The van der Waals surface area contributed by atoms with Crippen molar-refractivity contribution in [1.29, 1.82) is 0 Å². The van der Waals surface area contributed by atoms with Crippen LogP contribution in [0.4, 0.5) is 0 Å². The maximum absolute atomic E-state index is 11.0. The number of fused-ring (bicyclic) bond motifs is 1. The summed E-state index contributed by atoms with van der Waals surface area (Å²) in [5, 5.41) is 2.35. The Balaban J connectivity index is 2.90.